The van der Waals surface area contributed by atoms with Crippen LogP contribution in [0.3, 0.4) is 0 Å². The van der Waals surface area contributed by atoms with Gasteiger partial charge < -0.3 is 35.2 Å². The Kier molecular flexibility index (Phi) is 6.81. The molecular formula is C15H19N7O6. The van der Waals surface area contributed by atoms with Crippen LogP contribution in [0.15, 0.2) is 17.7 Å². The molecule has 0 spiro atoms. The normalized spacial score (nSPS) is 12.0. The second kappa shape index (κ2) is 9.27. The summed E-state index contributed by atoms with van der Waals surface area (Å²) in [6.07, 6.45) is 4.15. The van der Waals surface area contributed by atoms with Crippen molar-refractivity contribution in [3.05, 3.63) is 18.2 Å². The average Bonchev–Trinajstić information content (AvgIpc) is 3.24. The van der Waals surface area contributed by atoms with Gasteiger partial charge in [0, 0.05) is 6.92 Å². The number of aliphatic hydroxyl groups excluding tert-OH is 1. The monoisotopic (exact) mass is 393 g/mol. The number of carboxylic acid groups (broad SMARTS) is 1. The third-order valence-corrected chi connectivity index (χ3v) is 3.38. The standard InChI is InChI=1S/C15H19N7O6/c1-8(24)19-14-12(13-16-3-9(20-13)4-18-28-2)17-7-22(14)5-11(25)21-10(6-23)15(26)27/h3-4,7,10,23H,5-6H2,1-2H3,(H,16,20)(H,19,24)(H,21,25)(H,26,27)/b18-4-/t10-/m0/s1. The summed E-state index contributed by atoms with van der Waals surface area (Å²) in [4.78, 5) is 50.4. The fraction of sp³-hybridized carbons (Fsp3) is 0.333. The van der Waals surface area contributed by atoms with Crippen LogP contribution in [-0.2, 0) is 25.8 Å². The summed E-state index contributed by atoms with van der Waals surface area (Å²) in [5.41, 5.74) is 0.780. The molecule has 13 heteroatoms. The van der Waals surface area contributed by atoms with Crippen LogP contribution >= 0.6 is 0 Å². The number of H-pyrrole nitrogens is 1. The third kappa shape index (κ3) is 5.14. The van der Waals surface area contributed by atoms with Crippen LogP contribution in [0, 0.1) is 0 Å². The second-order valence-corrected chi connectivity index (χ2v) is 5.50. The van der Waals surface area contributed by atoms with Crippen LogP contribution in [0.4, 0.5) is 5.82 Å². The molecule has 0 radical (unpaired) electrons. The highest BCUT2D eigenvalue weighted by molar-refractivity contribution is 5.92. The summed E-state index contributed by atoms with van der Waals surface area (Å²) in [7, 11) is 1.39. The molecule has 2 rings (SSSR count). The number of aromatic amines is 1. The molecule has 5 N–H and O–H groups in total. The molecular weight excluding hydrogens is 374 g/mol. The van der Waals surface area contributed by atoms with E-state index in [0.29, 0.717) is 11.5 Å². The number of aliphatic hydroxyl groups is 1. The van der Waals surface area contributed by atoms with E-state index in [0.717, 1.165) is 0 Å². The average molecular weight is 393 g/mol. The number of nitrogens with one attached hydrogen (secondary N) is 3. The minimum atomic E-state index is -1.44. The van der Waals surface area contributed by atoms with E-state index in [1.807, 2.05) is 0 Å². The van der Waals surface area contributed by atoms with Gasteiger partial charge in [0.1, 0.15) is 31.2 Å². The van der Waals surface area contributed by atoms with Gasteiger partial charge in [-0.1, -0.05) is 5.16 Å². The van der Waals surface area contributed by atoms with E-state index in [1.54, 1.807) is 0 Å². The summed E-state index contributed by atoms with van der Waals surface area (Å²) in [6, 6.07) is -1.44. The number of carboxylic acids is 1. The van der Waals surface area contributed by atoms with Gasteiger partial charge in [-0.2, -0.15) is 0 Å². The van der Waals surface area contributed by atoms with Crippen molar-refractivity contribution >= 4 is 29.8 Å². The Morgan fingerprint density at radius 3 is 2.79 bits per heavy atom. The van der Waals surface area contributed by atoms with Crippen molar-refractivity contribution in [2.75, 3.05) is 19.0 Å². The molecule has 0 unspecified atom stereocenters. The molecule has 28 heavy (non-hydrogen) atoms. The molecule has 0 aliphatic rings. The van der Waals surface area contributed by atoms with Gasteiger partial charge in [0.05, 0.1) is 31.0 Å². The van der Waals surface area contributed by atoms with E-state index < -0.39 is 30.4 Å². The highest BCUT2D eigenvalue weighted by Gasteiger charge is 2.22. The number of carbonyl (C=O) groups is 3. The number of anilines is 1. The Hall–Kier alpha value is -3.74. The number of imidazole rings is 2. The number of rotatable bonds is 9. The second-order valence-electron chi connectivity index (χ2n) is 5.50. The summed E-state index contributed by atoms with van der Waals surface area (Å²) >= 11 is 0. The lowest BCUT2D eigenvalue weighted by Gasteiger charge is -2.13. The number of hydrogen-bond acceptors (Lipinski definition) is 8. The first-order chi connectivity index (χ1) is 13.3. The first-order valence-corrected chi connectivity index (χ1v) is 7.93. The number of carbonyl (C=O) groups excluding carboxylic acids is 2. The molecule has 0 aromatic carbocycles. The zero-order valence-electron chi connectivity index (χ0n) is 15.0. The fourth-order valence-electron chi connectivity index (χ4n) is 2.18. The van der Waals surface area contributed by atoms with Crippen molar-refractivity contribution in [1.29, 1.82) is 0 Å². The maximum absolute atomic E-state index is 12.1. The van der Waals surface area contributed by atoms with Crippen LogP contribution < -0.4 is 10.6 Å². The Morgan fingerprint density at radius 2 is 2.18 bits per heavy atom. The molecule has 0 aliphatic carbocycles. The van der Waals surface area contributed by atoms with Gasteiger partial charge in [-0.3, -0.25) is 9.59 Å². The Bertz CT molecular complexity index is 887. The number of hydrogen-bond donors (Lipinski definition) is 5. The maximum atomic E-state index is 12.1. The SMILES string of the molecule is CO/N=C\c1cnc(-c2ncn(CC(=O)N[C@@H](CO)C(=O)O)c2NC(C)=O)[nH]1. The lowest BCUT2D eigenvalue weighted by Crippen LogP contribution is -2.44. The molecule has 13 nitrogen and oxygen atoms in total. The van der Waals surface area contributed by atoms with Gasteiger partial charge in [-0.15, -0.1) is 0 Å². The van der Waals surface area contributed by atoms with Crippen molar-refractivity contribution in [3.8, 4) is 11.5 Å². The van der Waals surface area contributed by atoms with Crippen LogP contribution in [0.25, 0.3) is 11.5 Å². The Labute approximate surface area is 158 Å². The summed E-state index contributed by atoms with van der Waals surface area (Å²) in [6.45, 7) is 0.185. The van der Waals surface area contributed by atoms with Crippen molar-refractivity contribution in [2.24, 2.45) is 5.16 Å². The van der Waals surface area contributed by atoms with E-state index in [1.165, 1.54) is 37.3 Å². The number of aromatic nitrogens is 4. The molecule has 2 heterocycles. The van der Waals surface area contributed by atoms with Crippen LogP contribution in [0.2, 0.25) is 0 Å². The van der Waals surface area contributed by atoms with Crippen LogP contribution in [-0.4, -0.2) is 73.5 Å². The van der Waals surface area contributed by atoms with Gasteiger partial charge in [-0.25, -0.2) is 14.8 Å². The molecule has 1 atom stereocenters. The lowest BCUT2D eigenvalue weighted by atomic mass is 10.3. The molecule has 0 aliphatic heterocycles. The van der Waals surface area contributed by atoms with Crippen LogP contribution in [0.5, 0.6) is 0 Å². The Balaban J connectivity index is 2.27. The van der Waals surface area contributed by atoms with E-state index in [4.69, 9.17) is 10.2 Å². The smallest absolute Gasteiger partial charge is 0.328 e. The van der Waals surface area contributed by atoms with Crippen molar-refractivity contribution in [2.45, 2.75) is 19.5 Å². The highest BCUT2D eigenvalue weighted by atomic mass is 16.6. The number of nitrogens with zero attached hydrogens (tertiary/aromatic N) is 4. The molecule has 0 fully saturated rings. The van der Waals surface area contributed by atoms with Crippen LogP contribution in [0.1, 0.15) is 12.6 Å². The predicted molar refractivity (Wildman–Crippen MR) is 95.4 cm³/mol. The van der Waals surface area contributed by atoms with Gasteiger partial charge in [0.2, 0.25) is 11.8 Å². The molecule has 0 saturated heterocycles. The topological polar surface area (TPSA) is 184 Å². The molecule has 2 aromatic heterocycles. The predicted octanol–water partition coefficient (Wildman–Crippen LogP) is -1.23. The zero-order chi connectivity index (χ0) is 20.7. The number of aliphatic carboxylic acids is 1. The number of oxime groups is 1. The molecule has 150 valence electrons. The van der Waals surface area contributed by atoms with E-state index in [9.17, 15) is 14.4 Å². The summed E-state index contributed by atoms with van der Waals surface area (Å²) in [5, 5.41) is 26.2. The molecule has 0 saturated carbocycles. The van der Waals surface area contributed by atoms with Gasteiger partial charge in [0.15, 0.2) is 5.82 Å². The highest BCUT2D eigenvalue weighted by Crippen LogP contribution is 2.24. The Morgan fingerprint density at radius 1 is 1.43 bits per heavy atom. The minimum absolute atomic E-state index is 0.183. The maximum Gasteiger partial charge on any atom is 0.328 e. The van der Waals surface area contributed by atoms with Crippen molar-refractivity contribution in [3.63, 3.8) is 0 Å². The van der Waals surface area contributed by atoms with Gasteiger partial charge >= 0.3 is 5.97 Å². The van der Waals surface area contributed by atoms with E-state index in [2.05, 4.69) is 35.6 Å². The third-order valence-electron chi connectivity index (χ3n) is 3.38. The number of amides is 2. The quantitative estimate of drug-likeness (QED) is 0.259. The first kappa shape index (κ1) is 20.6. The van der Waals surface area contributed by atoms with Crippen molar-refractivity contribution < 1.29 is 29.4 Å². The molecule has 2 aromatic rings. The van der Waals surface area contributed by atoms with Gasteiger partial charge in [-0.05, 0) is 0 Å². The summed E-state index contributed by atoms with van der Waals surface area (Å²) in [5.74, 6) is -1.98. The fourth-order valence-corrected chi connectivity index (χ4v) is 2.18. The molecule has 2 amide bonds. The zero-order valence-corrected chi connectivity index (χ0v) is 15.0. The molecule has 0 bridgehead atoms. The van der Waals surface area contributed by atoms with Crippen molar-refractivity contribution in [1.82, 2.24) is 24.8 Å². The lowest BCUT2D eigenvalue weighted by molar-refractivity contribution is -0.143. The summed E-state index contributed by atoms with van der Waals surface area (Å²) < 4.78 is 1.31. The minimum Gasteiger partial charge on any atom is -0.480 e. The van der Waals surface area contributed by atoms with E-state index >= 15 is 0 Å². The largest absolute Gasteiger partial charge is 0.480 e. The van der Waals surface area contributed by atoms with E-state index in [-0.39, 0.29) is 18.1 Å². The first-order valence-electron chi connectivity index (χ1n) is 7.93. The van der Waals surface area contributed by atoms with Gasteiger partial charge in [0.25, 0.3) is 0 Å².